The highest BCUT2D eigenvalue weighted by atomic mass is 16.5. The van der Waals surface area contributed by atoms with E-state index < -0.39 is 0 Å². The van der Waals surface area contributed by atoms with Gasteiger partial charge in [0.25, 0.3) is 0 Å². The van der Waals surface area contributed by atoms with E-state index >= 15 is 0 Å². The van der Waals surface area contributed by atoms with E-state index in [1.165, 1.54) is 0 Å². The zero-order valence-corrected chi connectivity index (χ0v) is 10.8. The standard InChI is InChI=1S/C11H21N5O/c1-15(2)11-13-6-4-10(14-11)16(7-5-12)8-9-17-3/h4,6H,5,7-9,12H2,1-3H3. The van der Waals surface area contributed by atoms with Crippen LogP contribution in [0.15, 0.2) is 12.3 Å². The summed E-state index contributed by atoms with van der Waals surface area (Å²) in [4.78, 5) is 12.6. The normalized spacial score (nSPS) is 10.4. The number of anilines is 2. The third-order valence-electron chi connectivity index (χ3n) is 2.32. The summed E-state index contributed by atoms with van der Waals surface area (Å²) in [6.45, 7) is 2.77. The smallest absolute Gasteiger partial charge is 0.226 e. The number of rotatable bonds is 7. The van der Waals surface area contributed by atoms with Gasteiger partial charge in [-0.2, -0.15) is 4.98 Å². The molecule has 0 aliphatic rings. The number of hydrogen-bond acceptors (Lipinski definition) is 6. The second kappa shape index (κ2) is 7.03. The lowest BCUT2D eigenvalue weighted by Crippen LogP contribution is -2.33. The van der Waals surface area contributed by atoms with Gasteiger partial charge in [0.2, 0.25) is 5.95 Å². The van der Waals surface area contributed by atoms with Gasteiger partial charge in [-0.15, -0.1) is 0 Å². The fraction of sp³-hybridized carbons (Fsp3) is 0.636. The maximum Gasteiger partial charge on any atom is 0.226 e. The first-order valence-electron chi connectivity index (χ1n) is 5.63. The Balaban J connectivity index is 2.81. The van der Waals surface area contributed by atoms with Crippen molar-refractivity contribution in [2.45, 2.75) is 0 Å². The van der Waals surface area contributed by atoms with Gasteiger partial charge in [0, 0.05) is 47.0 Å². The molecule has 0 radical (unpaired) electrons. The monoisotopic (exact) mass is 239 g/mol. The van der Waals surface area contributed by atoms with E-state index in [-0.39, 0.29) is 0 Å². The first-order valence-corrected chi connectivity index (χ1v) is 5.63. The van der Waals surface area contributed by atoms with Crippen molar-refractivity contribution in [2.24, 2.45) is 5.73 Å². The summed E-state index contributed by atoms with van der Waals surface area (Å²) < 4.78 is 5.08. The van der Waals surface area contributed by atoms with Crippen molar-refractivity contribution >= 4 is 11.8 Å². The summed E-state index contributed by atoms with van der Waals surface area (Å²) in [6.07, 6.45) is 1.76. The largest absolute Gasteiger partial charge is 0.383 e. The average Bonchev–Trinajstić information content (AvgIpc) is 2.34. The van der Waals surface area contributed by atoms with Gasteiger partial charge in [0.1, 0.15) is 5.82 Å². The van der Waals surface area contributed by atoms with Crippen LogP contribution < -0.4 is 15.5 Å². The van der Waals surface area contributed by atoms with Crippen LogP contribution >= 0.6 is 0 Å². The van der Waals surface area contributed by atoms with Gasteiger partial charge < -0.3 is 20.3 Å². The van der Waals surface area contributed by atoms with Crippen LogP contribution in [0, 0.1) is 0 Å². The molecule has 0 atom stereocenters. The summed E-state index contributed by atoms with van der Waals surface area (Å²) in [6, 6.07) is 1.89. The van der Waals surface area contributed by atoms with Crippen molar-refractivity contribution in [3.05, 3.63) is 12.3 Å². The molecule has 17 heavy (non-hydrogen) atoms. The van der Waals surface area contributed by atoms with E-state index in [1.54, 1.807) is 13.3 Å². The highest BCUT2D eigenvalue weighted by Crippen LogP contribution is 2.12. The Morgan fingerprint density at radius 2 is 2.12 bits per heavy atom. The molecule has 0 spiro atoms. The Labute approximate surface area is 102 Å². The van der Waals surface area contributed by atoms with Crippen LogP contribution in [0.4, 0.5) is 11.8 Å². The molecule has 1 heterocycles. The fourth-order valence-electron chi connectivity index (χ4n) is 1.43. The third kappa shape index (κ3) is 4.16. The molecule has 0 aliphatic carbocycles. The molecule has 0 saturated carbocycles. The number of nitrogens with zero attached hydrogens (tertiary/aromatic N) is 4. The first kappa shape index (κ1) is 13.7. The van der Waals surface area contributed by atoms with E-state index in [1.807, 2.05) is 25.1 Å². The molecule has 1 rings (SSSR count). The number of methoxy groups -OCH3 is 1. The predicted molar refractivity (Wildman–Crippen MR) is 69.5 cm³/mol. The minimum absolute atomic E-state index is 0.588. The van der Waals surface area contributed by atoms with Crippen molar-refractivity contribution in [2.75, 3.05) is 57.2 Å². The highest BCUT2D eigenvalue weighted by Gasteiger charge is 2.08. The van der Waals surface area contributed by atoms with Crippen LogP contribution in [0.5, 0.6) is 0 Å². The van der Waals surface area contributed by atoms with Crippen LogP contribution in [0.1, 0.15) is 0 Å². The first-order chi connectivity index (χ1) is 8.19. The lowest BCUT2D eigenvalue weighted by atomic mass is 10.4. The Morgan fingerprint density at radius 3 is 2.71 bits per heavy atom. The molecule has 1 aromatic rings. The maximum atomic E-state index is 5.60. The molecular formula is C11H21N5O. The molecule has 0 saturated heterocycles. The zero-order chi connectivity index (χ0) is 12.7. The molecular weight excluding hydrogens is 218 g/mol. The molecule has 0 aliphatic heterocycles. The van der Waals surface area contributed by atoms with Gasteiger partial charge in [-0.05, 0) is 6.07 Å². The molecule has 0 bridgehead atoms. The summed E-state index contributed by atoms with van der Waals surface area (Å²) in [5.74, 6) is 1.58. The predicted octanol–water partition coefficient (Wildman–Crippen LogP) is -0.0459. The second-order valence-electron chi connectivity index (χ2n) is 3.88. The van der Waals surface area contributed by atoms with Crippen molar-refractivity contribution in [1.82, 2.24) is 9.97 Å². The van der Waals surface area contributed by atoms with E-state index in [4.69, 9.17) is 10.5 Å². The van der Waals surface area contributed by atoms with Crippen molar-refractivity contribution in [3.63, 3.8) is 0 Å². The lowest BCUT2D eigenvalue weighted by molar-refractivity contribution is 0.205. The van der Waals surface area contributed by atoms with Gasteiger partial charge in [0.05, 0.1) is 6.61 Å². The van der Waals surface area contributed by atoms with Crippen molar-refractivity contribution in [1.29, 1.82) is 0 Å². The highest BCUT2D eigenvalue weighted by molar-refractivity contribution is 5.43. The van der Waals surface area contributed by atoms with Crippen LogP contribution in [0.25, 0.3) is 0 Å². The van der Waals surface area contributed by atoms with Crippen LogP contribution in [0.3, 0.4) is 0 Å². The molecule has 0 fully saturated rings. The molecule has 0 unspecified atom stereocenters. The molecule has 1 aromatic heterocycles. The molecule has 96 valence electrons. The Kier molecular flexibility index (Phi) is 5.65. The molecule has 0 aromatic carbocycles. The van der Waals surface area contributed by atoms with E-state index in [2.05, 4.69) is 14.9 Å². The Bertz CT molecular complexity index is 331. The Hall–Kier alpha value is -1.40. The number of aromatic nitrogens is 2. The van der Waals surface area contributed by atoms with Gasteiger partial charge >= 0.3 is 0 Å². The van der Waals surface area contributed by atoms with Crippen LogP contribution in [0.2, 0.25) is 0 Å². The average molecular weight is 239 g/mol. The van der Waals surface area contributed by atoms with Crippen molar-refractivity contribution < 1.29 is 4.74 Å². The van der Waals surface area contributed by atoms with Crippen LogP contribution in [-0.4, -0.2) is 57.4 Å². The lowest BCUT2D eigenvalue weighted by Gasteiger charge is -2.23. The quantitative estimate of drug-likeness (QED) is 0.720. The van der Waals surface area contributed by atoms with Gasteiger partial charge in [0.15, 0.2) is 0 Å². The topological polar surface area (TPSA) is 67.5 Å². The van der Waals surface area contributed by atoms with E-state index in [9.17, 15) is 0 Å². The molecule has 6 nitrogen and oxygen atoms in total. The van der Waals surface area contributed by atoms with E-state index in [0.717, 1.165) is 18.9 Å². The zero-order valence-electron chi connectivity index (χ0n) is 10.8. The second-order valence-corrected chi connectivity index (χ2v) is 3.88. The van der Waals surface area contributed by atoms with E-state index in [0.29, 0.717) is 19.1 Å². The summed E-state index contributed by atoms with van der Waals surface area (Å²) in [5.41, 5.74) is 5.60. The number of ether oxygens (including phenoxy) is 1. The summed E-state index contributed by atoms with van der Waals surface area (Å²) >= 11 is 0. The van der Waals surface area contributed by atoms with Gasteiger partial charge in [-0.3, -0.25) is 0 Å². The van der Waals surface area contributed by atoms with Crippen LogP contribution in [-0.2, 0) is 4.74 Å². The number of hydrogen-bond donors (Lipinski definition) is 1. The minimum atomic E-state index is 0.588. The molecule has 6 heteroatoms. The minimum Gasteiger partial charge on any atom is -0.383 e. The SMILES string of the molecule is COCCN(CCN)c1ccnc(N(C)C)n1. The van der Waals surface area contributed by atoms with Gasteiger partial charge in [-0.1, -0.05) is 0 Å². The fourth-order valence-corrected chi connectivity index (χ4v) is 1.43. The Morgan fingerprint density at radius 1 is 1.35 bits per heavy atom. The molecule has 2 N–H and O–H groups in total. The summed E-state index contributed by atoms with van der Waals surface area (Å²) in [7, 11) is 5.52. The van der Waals surface area contributed by atoms with Crippen molar-refractivity contribution in [3.8, 4) is 0 Å². The summed E-state index contributed by atoms with van der Waals surface area (Å²) in [5, 5.41) is 0. The van der Waals surface area contributed by atoms with Gasteiger partial charge in [-0.25, -0.2) is 4.98 Å². The molecule has 0 amide bonds. The number of nitrogens with two attached hydrogens (primary N) is 1. The maximum absolute atomic E-state index is 5.60. The third-order valence-corrected chi connectivity index (χ3v) is 2.32.